The minimum absolute atomic E-state index is 0.144. The van der Waals surface area contributed by atoms with Crippen LogP contribution in [0.3, 0.4) is 0 Å². The molecule has 0 radical (unpaired) electrons. The van der Waals surface area contributed by atoms with E-state index in [1.54, 1.807) is 0 Å². The minimum atomic E-state index is -0.694. The Morgan fingerprint density at radius 2 is 1.75 bits per heavy atom. The SMILES string of the molecule is Cc1ccc(-c2ccc(Cl)cc2)cc1C1=C(O)[C@]2(CC[C@H](CO)CC2)NC1=O. The van der Waals surface area contributed by atoms with Crippen molar-refractivity contribution in [1.82, 2.24) is 5.32 Å². The van der Waals surface area contributed by atoms with Crippen LogP contribution in [0.5, 0.6) is 0 Å². The largest absolute Gasteiger partial charge is 0.509 e. The number of hydrogen-bond donors (Lipinski definition) is 3. The summed E-state index contributed by atoms with van der Waals surface area (Å²) in [4.78, 5) is 12.9. The second kappa shape index (κ2) is 7.26. The third-order valence-corrected chi connectivity index (χ3v) is 6.42. The van der Waals surface area contributed by atoms with Crippen LogP contribution >= 0.6 is 11.6 Å². The standard InChI is InChI=1S/C23H24ClNO3/c1-14-2-3-17(16-4-6-18(24)7-5-16)12-19(14)20-21(27)23(25-22(20)28)10-8-15(13-26)9-11-23/h2-7,12,15,26-27H,8-11,13H2,1H3,(H,25,28)/t15-,23+. The van der Waals surface area contributed by atoms with Gasteiger partial charge in [-0.15, -0.1) is 0 Å². The van der Waals surface area contributed by atoms with Gasteiger partial charge in [0.2, 0.25) is 0 Å². The van der Waals surface area contributed by atoms with Gasteiger partial charge in [-0.25, -0.2) is 0 Å². The Labute approximate surface area is 169 Å². The molecule has 0 bridgehead atoms. The van der Waals surface area contributed by atoms with Gasteiger partial charge in [0, 0.05) is 11.6 Å². The lowest BCUT2D eigenvalue weighted by Crippen LogP contribution is -2.47. The molecule has 1 saturated carbocycles. The molecule has 3 N–H and O–H groups in total. The van der Waals surface area contributed by atoms with Crippen molar-refractivity contribution in [2.75, 3.05) is 6.61 Å². The first-order valence-corrected chi connectivity index (χ1v) is 10.1. The number of hydrogen-bond acceptors (Lipinski definition) is 3. The van der Waals surface area contributed by atoms with Crippen LogP contribution in [-0.4, -0.2) is 28.3 Å². The van der Waals surface area contributed by atoms with Crippen molar-refractivity contribution in [2.24, 2.45) is 5.92 Å². The predicted octanol–water partition coefficient (Wildman–Crippen LogP) is 4.64. The monoisotopic (exact) mass is 397 g/mol. The molecular formula is C23H24ClNO3. The summed E-state index contributed by atoms with van der Waals surface area (Å²) < 4.78 is 0. The van der Waals surface area contributed by atoms with E-state index in [2.05, 4.69) is 5.32 Å². The molecule has 1 amide bonds. The zero-order valence-corrected chi connectivity index (χ0v) is 16.6. The Bertz CT molecular complexity index is 941. The summed E-state index contributed by atoms with van der Waals surface area (Å²) in [6, 6.07) is 13.5. The molecule has 0 atom stereocenters. The summed E-state index contributed by atoms with van der Waals surface area (Å²) in [7, 11) is 0. The van der Waals surface area contributed by atoms with Gasteiger partial charge in [0.05, 0.1) is 11.1 Å². The maximum atomic E-state index is 12.9. The Kier molecular flexibility index (Phi) is 4.94. The van der Waals surface area contributed by atoms with E-state index in [-0.39, 0.29) is 24.2 Å². The van der Waals surface area contributed by atoms with E-state index < -0.39 is 5.54 Å². The summed E-state index contributed by atoms with van der Waals surface area (Å²) in [6.07, 6.45) is 2.88. The fourth-order valence-electron chi connectivity index (χ4n) is 4.36. The minimum Gasteiger partial charge on any atom is -0.509 e. The molecule has 1 heterocycles. The summed E-state index contributed by atoms with van der Waals surface area (Å²) in [5.74, 6) is 0.163. The highest BCUT2D eigenvalue weighted by Crippen LogP contribution is 2.43. The smallest absolute Gasteiger partial charge is 0.256 e. The topological polar surface area (TPSA) is 69.6 Å². The number of rotatable bonds is 3. The van der Waals surface area contributed by atoms with E-state index >= 15 is 0 Å². The van der Waals surface area contributed by atoms with Crippen LogP contribution in [0, 0.1) is 12.8 Å². The molecule has 1 spiro atoms. The zero-order chi connectivity index (χ0) is 19.9. The quantitative estimate of drug-likeness (QED) is 0.706. The van der Waals surface area contributed by atoms with Crippen molar-refractivity contribution in [2.45, 2.75) is 38.1 Å². The highest BCUT2D eigenvalue weighted by atomic mass is 35.5. The summed E-state index contributed by atoms with van der Waals surface area (Å²) in [5.41, 5.74) is 3.34. The normalized spacial score (nSPS) is 24.7. The van der Waals surface area contributed by atoms with Gasteiger partial charge in [0.1, 0.15) is 5.76 Å². The summed E-state index contributed by atoms with van der Waals surface area (Å²) >= 11 is 5.99. The molecule has 146 valence electrons. The van der Waals surface area contributed by atoms with Crippen molar-refractivity contribution in [3.8, 4) is 11.1 Å². The van der Waals surface area contributed by atoms with Crippen LogP contribution in [0.25, 0.3) is 16.7 Å². The second-order valence-electron chi connectivity index (χ2n) is 7.92. The number of carbonyl (C=O) groups excluding carboxylic acids is 1. The van der Waals surface area contributed by atoms with E-state index in [1.807, 2.05) is 49.4 Å². The molecular weight excluding hydrogens is 374 g/mol. The number of aryl methyl sites for hydroxylation is 1. The van der Waals surface area contributed by atoms with Crippen molar-refractivity contribution in [3.05, 3.63) is 64.4 Å². The summed E-state index contributed by atoms with van der Waals surface area (Å²) in [5, 5.41) is 24.2. The number of carbonyl (C=O) groups is 1. The maximum absolute atomic E-state index is 12.9. The average molecular weight is 398 g/mol. The van der Waals surface area contributed by atoms with Gasteiger partial charge in [0.15, 0.2) is 0 Å². The highest BCUT2D eigenvalue weighted by Gasteiger charge is 2.47. The molecule has 0 saturated heterocycles. The van der Waals surface area contributed by atoms with Crippen LogP contribution in [0.15, 0.2) is 48.2 Å². The molecule has 1 aliphatic carbocycles. The molecule has 2 aromatic carbocycles. The molecule has 1 fully saturated rings. The lowest BCUT2D eigenvalue weighted by molar-refractivity contribution is -0.116. The van der Waals surface area contributed by atoms with Crippen molar-refractivity contribution in [3.63, 3.8) is 0 Å². The lowest BCUT2D eigenvalue weighted by Gasteiger charge is -2.36. The maximum Gasteiger partial charge on any atom is 0.256 e. The fourth-order valence-corrected chi connectivity index (χ4v) is 4.49. The van der Waals surface area contributed by atoms with Crippen LogP contribution in [0.4, 0.5) is 0 Å². The molecule has 4 rings (SSSR count). The number of nitrogens with one attached hydrogen (secondary N) is 1. The number of benzene rings is 2. The molecule has 0 aromatic heterocycles. The van der Waals surface area contributed by atoms with Crippen LogP contribution in [-0.2, 0) is 4.79 Å². The first kappa shape index (κ1) is 19.0. The van der Waals surface area contributed by atoms with E-state index in [4.69, 9.17) is 11.6 Å². The van der Waals surface area contributed by atoms with Gasteiger partial charge in [0.25, 0.3) is 5.91 Å². The van der Waals surface area contributed by atoms with Gasteiger partial charge >= 0.3 is 0 Å². The van der Waals surface area contributed by atoms with Crippen molar-refractivity contribution >= 4 is 23.1 Å². The van der Waals surface area contributed by atoms with Gasteiger partial charge in [-0.2, -0.15) is 0 Å². The first-order chi connectivity index (χ1) is 13.4. The van der Waals surface area contributed by atoms with E-state index in [1.165, 1.54) is 0 Å². The van der Waals surface area contributed by atoms with E-state index in [0.29, 0.717) is 23.4 Å². The van der Waals surface area contributed by atoms with Crippen LogP contribution in [0.2, 0.25) is 5.02 Å². The highest BCUT2D eigenvalue weighted by molar-refractivity contribution is 6.30. The molecule has 28 heavy (non-hydrogen) atoms. The Balaban J connectivity index is 1.74. The van der Waals surface area contributed by atoms with Gasteiger partial charge in [-0.3, -0.25) is 4.79 Å². The van der Waals surface area contributed by atoms with E-state index in [0.717, 1.165) is 35.1 Å². The number of amides is 1. The van der Waals surface area contributed by atoms with E-state index in [9.17, 15) is 15.0 Å². The van der Waals surface area contributed by atoms with Crippen LogP contribution in [0.1, 0.15) is 36.8 Å². The molecule has 5 heteroatoms. The van der Waals surface area contributed by atoms with Crippen molar-refractivity contribution in [1.29, 1.82) is 0 Å². The molecule has 2 aromatic rings. The molecule has 1 aliphatic heterocycles. The molecule has 0 unspecified atom stereocenters. The first-order valence-electron chi connectivity index (χ1n) is 9.67. The third-order valence-electron chi connectivity index (χ3n) is 6.17. The third kappa shape index (κ3) is 3.21. The van der Waals surface area contributed by atoms with Gasteiger partial charge < -0.3 is 15.5 Å². The zero-order valence-electron chi connectivity index (χ0n) is 15.8. The predicted molar refractivity (Wildman–Crippen MR) is 111 cm³/mol. The lowest BCUT2D eigenvalue weighted by atomic mass is 9.76. The molecule has 2 aliphatic rings. The van der Waals surface area contributed by atoms with Crippen molar-refractivity contribution < 1.29 is 15.0 Å². The number of aliphatic hydroxyl groups is 2. The average Bonchev–Trinajstić information content (AvgIpc) is 2.93. The number of aliphatic hydroxyl groups excluding tert-OH is 2. The Morgan fingerprint density at radius 3 is 2.39 bits per heavy atom. The number of halogens is 1. The fraction of sp³-hybridized carbons (Fsp3) is 0.348. The second-order valence-corrected chi connectivity index (χ2v) is 8.36. The summed E-state index contributed by atoms with van der Waals surface area (Å²) in [6.45, 7) is 2.10. The van der Waals surface area contributed by atoms with Crippen LogP contribution < -0.4 is 5.32 Å². The Hall–Kier alpha value is -2.30. The van der Waals surface area contributed by atoms with Gasteiger partial charge in [-0.05, 0) is 79.0 Å². The Morgan fingerprint density at radius 1 is 1.11 bits per heavy atom. The molecule has 4 nitrogen and oxygen atoms in total. The van der Waals surface area contributed by atoms with Gasteiger partial charge in [-0.1, -0.05) is 35.9 Å².